The fraction of sp³-hybridized carbons (Fsp3) is 0.318. The van der Waals surface area contributed by atoms with Gasteiger partial charge in [-0.15, -0.1) is 0 Å². The van der Waals surface area contributed by atoms with Crippen molar-refractivity contribution in [3.8, 4) is 0 Å². The molecule has 0 N–H and O–H groups in total. The largest absolute Gasteiger partial charge is 0.459 e. The van der Waals surface area contributed by atoms with E-state index in [4.69, 9.17) is 4.74 Å². The van der Waals surface area contributed by atoms with Crippen LogP contribution in [0.3, 0.4) is 0 Å². The van der Waals surface area contributed by atoms with Crippen molar-refractivity contribution in [2.75, 3.05) is 13.1 Å². The number of nitrogens with zero attached hydrogens (tertiary/aromatic N) is 3. The highest BCUT2D eigenvalue weighted by molar-refractivity contribution is 9.10. The molecule has 1 aliphatic rings. The van der Waals surface area contributed by atoms with Crippen LogP contribution < -0.4 is 5.56 Å². The van der Waals surface area contributed by atoms with Crippen molar-refractivity contribution < 1.29 is 18.3 Å². The summed E-state index contributed by atoms with van der Waals surface area (Å²) in [4.78, 5) is 30.9. The quantitative estimate of drug-likeness (QED) is 0.509. The molecule has 1 fully saturated rings. The van der Waals surface area contributed by atoms with Crippen molar-refractivity contribution in [2.24, 2.45) is 5.92 Å². The van der Waals surface area contributed by atoms with Gasteiger partial charge in [-0.05, 0) is 33.6 Å². The van der Waals surface area contributed by atoms with Gasteiger partial charge in [0.2, 0.25) is 0 Å². The molecule has 2 aromatic heterocycles. The van der Waals surface area contributed by atoms with Gasteiger partial charge in [0.25, 0.3) is 11.5 Å². The van der Waals surface area contributed by atoms with Crippen molar-refractivity contribution in [2.45, 2.75) is 25.5 Å². The minimum Gasteiger partial charge on any atom is -0.459 e. The standard InChI is InChI=1S/C22H20BrF2N3O3/c23-16-6-7-19-26-17(10-20(29)28(19)12-16)14-31-21(30)18-13-27(9-8-22(18,24)25)11-15-4-2-1-3-5-15/h1-7,10,12,18H,8-9,11,13-14H2. The number of rotatable bonds is 5. The Morgan fingerprint density at radius 1 is 1.23 bits per heavy atom. The lowest BCUT2D eigenvalue weighted by Crippen LogP contribution is -2.50. The Hall–Kier alpha value is -2.65. The smallest absolute Gasteiger partial charge is 0.316 e. The number of aromatic nitrogens is 2. The van der Waals surface area contributed by atoms with Gasteiger partial charge in [-0.25, -0.2) is 13.8 Å². The van der Waals surface area contributed by atoms with Gasteiger partial charge in [0.1, 0.15) is 18.2 Å². The first kappa shape index (κ1) is 21.6. The molecule has 3 aromatic rings. The second-order valence-corrected chi connectivity index (χ2v) is 8.47. The van der Waals surface area contributed by atoms with Crippen LogP contribution in [0, 0.1) is 5.92 Å². The molecule has 1 atom stereocenters. The summed E-state index contributed by atoms with van der Waals surface area (Å²) >= 11 is 3.28. The molecule has 162 valence electrons. The van der Waals surface area contributed by atoms with Crippen molar-refractivity contribution >= 4 is 27.5 Å². The summed E-state index contributed by atoms with van der Waals surface area (Å²) in [6.45, 7) is 0.248. The lowest BCUT2D eigenvalue weighted by atomic mass is 9.93. The molecular weight excluding hydrogens is 472 g/mol. The summed E-state index contributed by atoms with van der Waals surface area (Å²) in [6, 6.07) is 14.1. The summed E-state index contributed by atoms with van der Waals surface area (Å²) in [5, 5.41) is 0. The molecule has 0 bridgehead atoms. The average Bonchev–Trinajstić information content (AvgIpc) is 2.74. The zero-order valence-corrected chi connectivity index (χ0v) is 18.1. The number of likely N-dealkylation sites (tertiary alicyclic amines) is 1. The van der Waals surface area contributed by atoms with E-state index >= 15 is 0 Å². The third kappa shape index (κ3) is 4.99. The van der Waals surface area contributed by atoms with Gasteiger partial charge in [0, 0.05) is 42.8 Å². The molecule has 1 saturated heterocycles. The fourth-order valence-electron chi connectivity index (χ4n) is 3.64. The molecule has 1 aromatic carbocycles. The summed E-state index contributed by atoms with van der Waals surface area (Å²) in [7, 11) is 0. The number of hydrogen-bond acceptors (Lipinski definition) is 5. The molecule has 0 spiro atoms. The average molecular weight is 492 g/mol. The van der Waals surface area contributed by atoms with Crippen LogP contribution in [-0.4, -0.2) is 39.3 Å². The molecule has 31 heavy (non-hydrogen) atoms. The Balaban J connectivity index is 1.44. The van der Waals surface area contributed by atoms with Gasteiger partial charge < -0.3 is 4.74 Å². The first-order valence-corrected chi connectivity index (χ1v) is 10.6. The van der Waals surface area contributed by atoms with Gasteiger partial charge in [-0.3, -0.25) is 18.9 Å². The summed E-state index contributed by atoms with van der Waals surface area (Å²) in [6.07, 6.45) is 1.16. The maximum absolute atomic E-state index is 14.5. The van der Waals surface area contributed by atoms with Gasteiger partial charge in [0.15, 0.2) is 0 Å². The molecule has 0 amide bonds. The van der Waals surface area contributed by atoms with Crippen LogP contribution in [0.1, 0.15) is 17.7 Å². The maximum atomic E-state index is 14.5. The van der Waals surface area contributed by atoms with Crippen LogP contribution >= 0.6 is 15.9 Å². The summed E-state index contributed by atoms with van der Waals surface area (Å²) in [5.41, 5.74) is 1.22. The minimum atomic E-state index is -3.15. The number of ether oxygens (including phenoxy) is 1. The number of benzene rings is 1. The van der Waals surface area contributed by atoms with Crippen LogP contribution in [0.15, 0.2) is 64.0 Å². The van der Waals surface area contributed by atoms with Crippen molar-refractivity contribution in [3.63, 3.8) is 0 Å². The zero-order valence-electron chi connectivity index (χ0n) is 16.5. The summed E-state index contributed by atoms with van der Waals surface area (Å²) < 4.78 is 36.1. The molecule has 1 unspecified atom stereocenters. The van der Waals surface area contributed by atoms with E-state index in [1.54, 1.807) is 18.3 Å². The fourth-order valence-corrected chi connectivity index (χ4v) is 3.98. The van der Waals surface area contributed by atoms with Gasteiger partial charge in [0.05, 0.1) is 5.69 Å². The molecule has 1 aliphatic heterocycles. The van der Waals surface area contributed by atoms with Crippen molar-refractivity contribution in [1.29, 1.82) is 0 Å². The monoisotopic (exact) mass is 491 g/mol. The Morgan fingerprint density at radius 2 is 2.00 bits per heavy atom. The molecule has 0 aliphatic carbocycles. The number of alkyl halides is 2. The van der Waals surface area contributed by atoms with E-state index in [1.165, 1.54) is 10.5 Å². The van der Waals surface area contributed by atoms with Crippen LogP contribution in [0.4, 0.5) is 8.78 Å². The lowest BCUT2D eigenvalue weighted by molar-refractivity contribution is -0.174. The molecule has 0 saturated carbocycles. The number of fused-ring (bicyclic) bond motifs is 1. The highest BCUT2D eigenvalue weighted by atomic mass is 79.9. The molecule has 3 heterocycles. The first-order valence-electron chi connectivity index (χ1n) is 9.80. The molecule has 4 rings (SSSR count). The Bertz CT molecular complexity index is 1150. The molecular formula is C22H20BrF2N3O3. The van der Waals surface area contributed by atoms with Crippen LogP contribution in [-0.2, 0) is 22.7 Å². The minimum absolute atomic E-state index is 0.0947. The molecule has 0 radical (unpaired) electrons. The Morgan fingerprint density at radius 3 is 2.77 bits per heavy atom. The van der Waals surface area contributed by atoms with E-state index in [1.807, 2.05) is 35.2 Å². The second-order valence-electron chi connectivity index (χ2n) is 7.55. The van der Waals surface area contributed by atoms with Crippen LogP contribution in [0.25, 0.3) is 5.65 Å². The van der Waals surface area contributed by atoms with E-state index in [0.717, 1.165) is 5.56 Å². The van der Waals surface area contributed by atoms with E-state index < -0.39 is 24.2 Å². The van der Waals surface area contributed by atoms with Crippen molar-refractivity contribution in [1.82, 2.24) is 14.3 Å². The topological polar surface area (TPSA) is 63.9 Å². The number of esters is 1. The van der Waals surface area contributed by atoms with E-state index in [0.29, 0.717) is 16.7 Å². The highest BCUT2D eigenvalue weighted by Gasteiger charge is 2.49. The van der Waals surface area contributed by atoms with Gasteiger partial charge >= 0.3 is 5.97 Å². The van der Waals surface area contributed by atoms with Crippen molar-refractivity contribution in [3.05, 3.63) is 80.8 Å². The SMILES string of the molecule is O=C(OCc1cc(=O)n2cc(Br)ccc2n1)C1CN(Cc2ccccc2)CCC1(F)F. The second kappa shape index (κ2) is 8.84. The predicted molar refractivity (Wildman–Crippen MR) is 114 cm³/mol. The van der Waals surface area contributed by atoms with Gasteiger partial charge in [-0.1, -0.05) is 30.3 Å². The van der Waals surface area contributed by atoms with Gasteiger partial charge in [-0.2, -0.15) is 0 Å². The number of carbonyl (C=O) groups is 1. The maximum Gasteiger partial charge on any atom is 0.316 e. The molecule has 9 heteroatoms. The van der Waals surface area contributed by atoms with E-state index in [2.05, 4.69) is 20.9 Å². The highest BCUT2D eigenvalue weighted by Crippen LogP contribution is 2.35. The predicted octanol–water partition coefficient (Wildman–Crippen LogP) is 3.66. The molecule has 6 nitrogen and oxygen atoms in total. The van der Waals surface area contributed by atoms with E-state index in [-0.39, 0.29) is 30.9 Å². The van der Waals surface area contributed by atoms with Crippen LogP contribution in [0.2, 0.25) is 0 Å². The number of carbonyl (C=O) groups excluding carboxylic acids is 1. The third-order valence-corrected chi connectivity index (χ3v) is 5.75. The number of piperidine rings is 1. The van der Waals surface area contributed by atoms with E-state index in [9.17, 15) is 18.4 Å². The summed E-state index contributed by atoms with van der Waals surface area (Å²) in [5.74, 6) is -5.70. The number of halogens is 3. The Kier molecular flexibility index (Phi) is 6.15. The first-order chi connectivity index (χ1) is 14.8. The number of hydrogen-bond donors (Lipinski definition) is 0. The third-order valence-electron chi connectivity index (χ3n) is 5.28. The van der Waals surface area contributed by atoms with Crippen LogP contribution in [0.5, 0.6) is 0 Å². The lowest BCUT2D eigenvalue weighted by Gasteiger charge is -2.37. The number of pyridine rings is 1. The zero-order chi connectivity index (χ0) is 22.0. The Labute approximate surface area is 185 Å². The normalized spacial score (nSPS) is 18.7.